The van der Waals surface area contributed by atoms with Gasteiger partial charge >= 0.3 is 0 Å². The zero-order valence-electron chi connectivity index (χ0n) is 15.4. The molecule has 0 unspecified atom stereocenters. The number of nitrogens with zero attached hydrogens (tertiary/aromatic N) is 1. The smallest absolute Gasteiger partial charge is 0.223 e. The maximum Gasteiger partial charge on any atom is 0.223 e. The van der Waals surface area contributed by atoms with E-state index in [1.807, 2.05) is 0 Å². The molecule has 0 aromatic carbocycles. The molecular formula is C18H37Cl2N3O. The minimum absolute atomic E-state index is 0. The van der Waals surface area contributed by atoms with Crippen molar-refractivity contribution in [2.24, 2.45) is 5.92 Å². The summed E-state index contributed by atoms with van der Waals surface area (Å²) in [5.41, 5.74) is 0. The Morgan fingerprint density at radius 2 is 1.54 bits per heavy atom. The van der Waals surface area contributed by atoms with E-state index in [1.165, 1.54) is 38.5 Å². The third-order valence-electron chi connectivity index (χ3n) is 5.34. The Hall–Kier alpha value is -0.0300. The molecule has 24 heavy (non-hydrogen) atoms. The second-order valence-corrected chi connectivity index (χ2v) is 7.34. The van der Waals surface area contributed by atoms with Gasteiger partial charge in [-0.15, -0.1) is 24.8 Å². The molecule has 2 aliphatic rings. The van der Waals surface area contributed by atoms with Gasteiger partial charge in [0.1, 0.15) is 0 Å². The minimum Gasteiger partial charge on any atom is -0.355 e. The summed E-state index contributed by atoms with van der Waals surface area (Å²) < 4.78 is 0. The molecular weight excluding hydrogens is 345 g/mol. The summed E-state index contributed by atoms with van der Waals surface area (Å²) >= 11 is 0. The van der Waals surface area contributed by atoms with Crippen LogP contribution in [-0.2, 0) is 4.79 Å². The highest BCUT2D eigenvalue weighted by molar-refractivity contribution is 5.85. The van der Waals surface area contributed by atoms with Crippen LogP contribution in [0, 0.1) is 5.92 Å². The summed E-state index contributed by atoms with van der Waals surface area (Å²) in [6.45, 7) is 8.30. The maximum absolute atomic E-state index is 12.2. The van der Waals surface area contributed by atoms with E-state index in [4.69, 9.17) is 0 Å². The van der Waals surface area contributed by atoms with Gasteiger partial charge in [-0.3, -0.25) is 4.79 Å². The van der Waals surface area contributed by atoms with Crippen molar-refractivity contribution < 1.29 is 4.79 Å². The summed E-state index contributed by atoms with van der Waals surface area (Å²) in [6, 6.07) is 1.28. The Balaban J connectivity index is 0.00000264. The Kier molecular flexibility index (Phi) is 13.2. The molecule has 0 aromatic heterocycles. The number of halogens is 2. The van der Waals surface area contributed by atoms with E-state index in [1.54, 1.807) is 0 Å². The van der Waals surface area contributed by atoms with Gasteiger partial charge in [-0.25, -0.2) is 0 Å². The van der Waals surface area contributed by atoms with Crippen molar-refractivity contribution in [3.63, 3.8) is 0 Å². The molecule has 6 heteroatoms. The van der Waals surface area contributed by atoms with Crippen LogP contribution in [0.4, 0.5) is 0 Å². The molecule has 4 nitrogen and oxygen atoms in total. The molecule has 2 fully saturated rings. The number of likely N-dealkylation sites (tertiary alicyclic amines) is 1. The predicted molar refractivity (Wildman–Crippen MR) is 106 cm³/mol. The molecule has 1 aliphatic carbocycles. The summed E-state index contributed by atoms with van der Waals surface area (Å²) in [5, 5.41) is 6.75. The molecule has 2 rings (SSSR count). The largest absolute Gasteiger partial charge is 0.355 e. The average molecular weight is 382 g/mol. The first-order valence-electron chi connectivity index (χ1n) is 9.42. The Labute approximate surface area is 160 Å². The normalized spacial score (nSPS) is 20.8. The average Bonchev–Trinajstić information content (AvgIpc) is 2.80. The van der Waals surface area contributed by atoms with E-state index < -0.39 is 0 Å². The van der Waals surface area contributed by atoms with E-state index in [9.17, 15) is 4.79 Å². The number of nitrogens with one attached hydrogen (secondary N) is 2. The third-order valence-corrected chi connectivity index (χ3v) is 5.34. The monoisotopic (exact) mass is 381 g/mol. The summed E-state index contributed by atoms with van der Waals surface area (Å²) in [7, 11) is 0. The van der Waals surface area contributed by atoms with Crippen molar-refractivity contribution in [1.82, 2.24) is 15.5 Å². The molecule has 2 N–H and O–H groups in total. The molecule has 0 aromatic rings. The number of rotatable bonds is 6. The van der Waals surface area contributed by atoms with Crippen LogP contribution in [0.3, 0.4) is 0 Å². The van der Waals surface area contributed by atoms with Crippen LogP contribution in [0.5, 0.6) is 0 Å². The van der Waals surface area contributed by atoms with Crippen LogP contribution in [0.25, 0.3) is 0 Å². The topological polar surface area (TPSA) is 44.4 Å². The van der Waals surface area contributed by atoms with Gasteiger partial charge in [0.15, 0.2) is 0 Å². The highest BCUT2D eigenvalue weighted by Crippen LogP contribution is 2.19. The lowest BCUT2D eigenvalue weighted by atomic mass is 9.95. The van der Waals surface area contributed by atoms with Crippen molar-refractivity contribution in [2.75, 3.05) is 26.2 Å². The number of hydrogen-bond donors (Lipinski definition) is 2. The SMILES string of the molecule is CC(C)N1CCC(C(=O)NCCNC2CCCCCC2)CC1.Cl.Cl. The first-order valence-corrected chi connectivity index (χ1v) is 9.42. The third kappa shape index (κ3) is 8.37. The number of carbonyl (C=O) groups is 1. The molecule has 144 valence electrons. The molecule has 1 heterocycles. The molecule has 1 amide bonds. The van der Waals surface area contributed by atoms with Crippen molar-refractivity contribution in [3.8, 4) is 0 Å². The molecule has 1 saturated heterocycles. The second-order valence-electron chi connectivity index (χ2n) is 7.34. The zero-order chi connectivity index (χ0) is 15.8. The van der Waals surface area contributed by atoms with Crippen LogP contribution in [0.2, 0.25) is 0 Å². The van der Waals surface area contributed by atoms with Gasteiger partial charge in [0, 0.05) is 31.1 Å². The molecule has 0 spiro atoms. The minimum atomic E-state index is 0. The summed E-state index contributed by atoms with van der Waals surface area (Å²) in [4.78, 5) is 14.7. The fourth-order valence-corrected chi connectivity index (χ4v) is 3.77. The van der Waals surface area contributed by atoms with Crippen molar-refractivity contribution in [1.29, 1.82) is 0 Å². The van der Waals surface area contributed by atoms with E-state index in [0.29, 0.717) is 12.1 Å². The lowest BCUT2D eigenvalue weighted by molar-refractivity contribution is -0.126. The number of piperidine rings is 1. The molecule has 1 saturated carbocycles. The van der Waals surface area contributed by atoms with Crippen molar-refractivity contribution >= 4 is 30.7 Å². The summed E-state index contributed by atoms with van der Waals surface area (Å²) in [6.07, 6.45) is 10.1. The number of hydrogen-bond acceptors (Lipinski definition) is 3. The predicted octanol–water partition coefficient (Wildman–Crippen LogP) is 3.38. The van der Waals surface area contributed by atoms with Gasteiger partial charge in [0.2, 0.25) is 5.91 Å². The van der Waals surface area contributed by atoms with Crippen LogP contribution in [-0.4, -0.2) is 49.1 Å². The van der Waals surface area contributed by atoms with E-state index in [0.717, 1.165) is 39.0 Å². The van der Waals surface area contributed by atoms with Crippen LogP contribution < -0.4 is 10.6 Å². The lowest BCUT2D eigenvalue weighted by Gasteiger charge is -2.34. The van der Waals surface area contributed by atoms with Crippen molar-refractivity contribution in [2.45, 2.75) is 77.3 Å². The molecule has 1 aliphatic heterocycles. The van der Waals surface area contributed by atoms with E-state index in [2.05, 4.69) is 29.4 Å². The standard InChI is InChI=1S/C18H35N3O.2ClH/c1-15(2)21-13-9-16(10-14-21)18(22)20-12-11-19-17-7-5-3-4-6-8-17;;/h15-17,19H,3-14H2,1-2H3,(H,20,22);2*1H. The fourth-order valence-electron chi connectivity index (χ4n) is 3.77. The van der Waals surface area contributed by atoms with Gasteiger partial charge in [0.25, 0.3) is 0 Å². The molecule has 0 radical (unpaired) electrons. The lowest BCUT2D eigenvalue weighted by Crippen LogP contribution is -2.44. The van der Waals surface area contributed by atoms with Crippen molar-refractivity contribution in [3.05, 3.63) is 0 Å². The van der Waals surface area contributed by atoms with Gasteiger partial charge in [-0.2, -0.15) is 0 Å². The summed E-state index contributed by atoms with van der Waals surface area (Å²) in [5.74, 6) is 0.499. The first-order chi connectivity index (χ1) is 10.7. The van der Waals surface area contributed by atoms with Gasteiger partial charge in [-0.05, 0) is 52.6 Å². The second kappa shape index (κ2) is 13.2. The quantitative estimate of drug-likeness (QED) is 0.547. The Bertz CT molecular complexity index is 326. The zero-order valence-corrected chi connectivity index (χ0v) is 17.0. The molecule has 0 bridgehead atoms. The fraction of sp³-hybridized carbons (Fsp3) is 0.944. The highest BCUT2D eigenvalue weighted by Gasteiger charge is 2.25. The van der Waals surface area contributed by atoms with Crippen LogP contribution in [0.15, 0.2) is 0 Å². The van der Waals surface area contributed by atoms with E-state index >= 15 is 0 Å². The van der Waals surface area contributed by atoms with E-state index in [-0.39, 0.29) is 36.6 Å². The Morgan fingerprint density at radius 1 is 0.958 bits per heavy atom. The first kappa shape index (κ1) is 24.0. The maximum atomic E-state index is 12.2. The number of amides is 1. The van der Waals surface area contributed by atoms with Crippen LogP contribution >= 0.6 is 24.8 Å². The Morgan fingerprint density at radius 3 is 2.08 bits per heavy atom. The van der Waals surface area contributed by atoms with Gasteiger partial charge in [-0.1, -0.05) is 25.7 Å². The molecule has 0 atom stereocenters. The van der Waals surface area contributed by atoms with Gasteiger partial charge in [0.05, 0.1) is 0 Å². The van der Waals surface area contributed by atoms with Crippen LogP contribution in [0.1, 0.15) is 65.2 Å². The highest BCUT2D eigenvalue weighted by atomic mass is 35.5. The number of carbonyl (C=O) groups excluding carboxylic acids is 1. The van der Waals surface area contributed by atoms with Gasteiger partial charge < -0.3 is 15.5 Å².